The van der Waals surface area contributed by atoms with E-state index in [4.69, 9.17) is 16.3 Å². The van der Waals surface area contributed by atoms with Crippen molar-refractivity contribution in [2.45, 2.75) is 19.4 Å². The standard InChI is InChI=1S/C15H19ClN2O2S/c1-11-15(21-10-18-11)6-7-20-9-12(19)8-17-14-5-3-2-4-13(14)16/h2-5,10,12,17,19H,6-9H2,1H3. The molecule has 4 nitrogen and oxygen atoms in total. The lowest BCUT2D eigenvalue weighted by molar-refractivity contribution is 0.0449. The van der Waals surface area contributed by atoms with Crippen LogP contribution in [0.4, 0.5) is 5.69 Å². The number of aromatic nitrogens is 1. The lowest BCUT2D eigenvalue weighted by atomic mass is 10.3. The predicted molar refractivity (Wildman–Crippen MR) is 87.3 cm³/mol. The molecule has 0 aliphatic carbocycles. The van der Waals surface area contributed by atoms with E-state index in [1.807, 2.05) is 36.7 Å². The lowest BCUT2D eigenvalue weighted by Gasteiger charge is -2.14. The molecule has 2 aromatic rings. The third-order valence-corrected chi connectivity index (χ3v) is 4.36. The first-order chi connectivity index (χ1) is 10.2. The average molecular weight is 327 g/mol. The molecular formula is C15H19ClN2O2S. The molecule has 6 heteroatoms. The molecule has 0 saturated heterocycles. The van der Waals surface area contributed by atoms with Crippen molar-refractivity contribution in [3.8, 4) is 0 Å². The van der Waals surface area contributed by atoms with Gasteiger partial charge in [0.25, 0.3) is 0 Å². The first kappa shape index (κ1) is 16.2. The Balaban J connectivity index is 1.63. The maximum absolute atomic E-state index is 9.87. The van der Waals surface area contributed by atoms with Gasteiger partial charge in [-0.05, 0) is 19.1 Å². The van der Waals surface area contributed by atoms with Gasteiger partial charge in [0.05, 0.1) is 41.2 Å². The second kappa shape index (κ2) is 8.34. The number of para-hydroxylation sites is 1. The summed E-state index contributed by atoms with van der Waals surface area (Å²) in [7, 11) is 0. The van der Waals surface area contributed by atoms with Crippen molar-refractivity contribution in [1.29, 1.82) is 0 Å². The zero-order valence-electron chi connectivity index (χ0n) is 11.9. The van der Waals surface area contributed by atoms with Crippen LogP contribution in [0.5, 0.6) is 0 Å². The van der Waals surface area contributed by atoms with E-state index in [1.54, 1.807) is 11.3 Å². The Bertz CT molecular complexity index is 562. The molecule has 1 atom stereocenters. The van der Waals surface area contributed by atoms with Gasteiger partial charge in [0.1, 0.15) is 0 Å². The van der Waals surface area contributed by atoms with Crippen molar-refractivity contribution < 1.29 is 9.84 Å². The number of aryl methyl sites for hydroxylation is 1. The van der Waals surface area contributed by atoms with Crippen molar-refractivity contribution >= 4 is 28.6 Å². The van der Waals surface area contributed by atoms with Gasteiger partial charge in [0.2, 0.25) is 0 Å². The summed E-state index contributed by atoms with van der Waals surface area (Å²) in [5.74, 6) is 0. The first-order valence-electron chi connectivity index (χ1n) is 6.80. The molecule has 2 N–H and O–H groups in total. The summed E-state index contributed by atoms with van der Waals surface area (Å²) in [6, 6.07) is 7.45. The van der Waals surface area contributed by atoms with Gasteiger partial charge in [-0.3, -0.25) is 0 Å². The molecule has 21 heavy (non-hydrogen) atoms. The smallest absolute Gasteiger partial charge is 0.0945 e. The molecule has 1 aromatic carbocycles. The minimum absolute atomic E-state index is 0.301. The van der Waals surface area contributed by atoms with Crippen molar-refractivity contribution in [2.24, 2.45) is 0 Å². The number of rotatable bonds is 8. The molecule has 0 amide bonds. The van der Waals surface area contributed by atoms with Crippen LogP contribution in [-0.4, -0.2) is 36.0 Å². The number of nitrogens with zero attached hydrogens (tertiary/aromatic N) is 1. The van der Waals surface area contributed by atoms with Gasteiger partial charge < -0.3 is 15.2 Å². The van der Waals surface area contributed by atoms with Gasteiger partial charge in [0.15, 0.2) is 0 Å². The number of benzene rings is 1. The molecule has 2 rings (SSSR count). The van der Waals surface area contributed by atoms with E-state index < -0.39 is 6.10 Å². The van der Waals surface area contributed by atoms with E-state index in [2.05, 4.69) is 10.3 Å². The van der Waals surface area contributed by atoms with Crippen molar-refractivity contribution in [1.82, 2.24) is 4.98 Å². The molecule has 1 heterocycles. The van der Waals surface area contributed by atoms with Crippen LogP contribution in [0, 0.1) is 6.92 Å². The van der Waals surface area contributed by atoms with Crippen molar-refractivity contribution in [3.63, 3.8) is 0 Å². The highest BCUT2D eigenvalue weighted by molar-refractivity contribution is 7.09. The Morgan fingerprint density at radius 3 is 2.95 bits per heavy atom. The molecule has 1 aromatic heterocycles. The first-order valence-corrected chi connectivity index (χ1v) is 8.05. The number of ether oxygens (including phenoxy) is 1. The molecule has 1 unspecified atom stereocenters. The average Bonchev–Trinajstić information content (AvgIpc) is 2.88. The Kier molecular flexibility index (Phi) is 6.45. The van der Waals surface area contributed by atoms with E-state index in [1.165, 1.54) is 4.88 Å². The maximum Gasteiger partial charge on any atom is 0.0945 e. The number of hydrogen-bond donors (Lipinski definition) is 2. The molecule has 0 radical (unpaired) electrons. The number of halogens is 1. The van der Waals surface area contributed by atoms with Gasteiger partial charge in [-0.1, -0.05) is 23.7 Å². The van der Waals surface area contributed by atoms with Crippen molar-refractivity contribution in [3.05, 3.63) is 45.4 Å². The minimum Gasteiger partial charge on any atom is -0.389 e. The van der Waals surface area contributed by atoms with Gasteiger partial charge in [0, 0.05) is 17.8 Å². The van der Waals surface area contributed by atoms with E-state index in [-0.39, 0.29) is 0 Å². The Morgan fingerprint density at radius 1 is 1.43 bits per heavy atom. The Morgan fingerprint density at radius 2 is 2.24 bits per heavy atom. The van der Waals surface area contributed by atoms with Crippen LogP contribution in [0.3, 0.4) is 0 Å². The van der Waals surface area contributed by atoms with Crippen LogP contribution >= 0.6 is 22.9 Å². The van der Waals surface area contributed by atoms with Gasteiger partial charge in [-0.2, -0.15) is 0 Å². The van der Waals surface area contributed by atoms with E-state index in [0.29, 0.717) is 24.8 Å². The fourth-order valence-electron chi connectivity index (χ4n) is 1.84. The van der Waals surface area contributed by atoms with E-state index in [0.717, 1.165) is 17.8 Å². The number of aliphatic hydroxyl groups excluding tert-OH is 1. The molecule has 0 spiro atoms. The predicted octanol–water partition coefficient (Wildman–Crippen LogP) is 3.14. The van der Waals surface area contributed by atoms with Crippen LogP contribution in [0.15, 0.2) is 29.8 Å². The molecule has 114 valence electrons. The molecule has 0 aliphatic rings. The van der Waals surface area contributed by atoms with E-state index in [9.17, 15) is 5.11 Å². The number of nitrogens with one attached hydrogen (secondary N) is 1. The maximum atomic E-state index is 9.87. The largest absolute Gasteiger partial charge is 0.389 e. The number of anilines is 1. The SMILES string of the molecule is Cc1ncsc1CCOCC(O)CNc1ccccc1Cl. The van der Waals surface area contributed by atoms with Crippen LogP contribution in [0.25, 0.3) is 0 Å². The van der Waals surface area contributed by atoms with E-state index >= 15 is 0 Å². The summed E-state index contributed by atoms with van der Waals surface area (Å²) < 4.78 is 5.50. The second-order valence-electron chi connectivity index (χ2n) is 4.70. The zero-order chi connectivity index (χ0) is 15.1. The highest BCUT2D eigenvalue weighted by Crippen LogP contribution is 2.20. The van der Waals surface area contributed by atoms with Crippen LogP contribution in [0.1, 0.15) is 10.6 Å². The molecule has 0 saturated carbocycles. The number of aliphatic hydroxyl groups is 1. The normalized spacial score (nSPS) is 12.3. The Labute approximate surface area is 133 Å². The fourth-order valence-corrected chi connectivity index (χ4v) is 2.81. The summed E-state index contributed by atoms with van der Waals surface area (Å²) in [5, 5.41) is 13.6. The molecule has 0 fully saturated rings. The van der Waals surface area contributed by atoms with Gasteiger partial charge in [-0.15, -0.1) is 11.3 Å². The monoisotopic (exact) mass is 326 g/mol. The molecule has 0 bridgehead atoms. The molecule has 0 aliphatic heterocycles. The highest BCUT2D eigenvalue weighted by atomic mass is 35.5. The van der Waals surface area contributed by atoms with Crippen LogP contribution in [0.2, 0.25) is 5.02 Å². The second-order valence-corrected chi connectivity index (χ2v) is 6.05. The summed E-state index contributed by atoms with van der Waals surface area (Å²) in [6.45, 7) is 3.29. The third kappa shape index (κ3) is 5.28. The fraction of sp³-hybridized carbons (Fsp3) is 0.400. The molecular weight excluding hydrogens is 308 g/mol. The summed E-state index contributed by atoms with van der Waals surface area (Å²) in [4.78, 5) is 5.43. The van der Waals surface area contributed by atoms with Gasteiger partial charge >= 0.3 is 0 Å². The quantitative estimate of drug-likeness (QED) is 0.732. The number of thiazole rings is 1. The highest BCUT2D eigenvalue weighted by Gasteiger charge is 2.06. The topological polar surface area (TPSA) is 54.4 Å². The number of hydrogen-bond acceptors (Lipinski definition) is 5. The summed E-state index contributed by atoms with van der Waals surface area (Å²) >= 11 is 7.66. The zero-order valence-corrected chi connectivity index (χ0v) is 13.5. The lowest BCUT2D eigenvalue weighted by Crippen LogP contribution is -2.25. The van der Waals surface area contributed by atoms with Crippen LogP contribution < -0.4 is 5.32 Å². The third-order valence-electron chi connectivity index (χ3n) is 3.03. The van der Waals surface area contributed by atoms with Gasteiger partial charge in [-0.25, -0.2) is 4.98 Å². The summed E-state index contributed by atoms with van der Waals surface area (Å²) in [5.41, 5.74) is 3.72. The Hall–Kier alpha value is -1.14. The minimum atomic E-state index is -0.566. The summed E-state index contributed by atoms with van der Waals surface area (Å²) in [6.07, 6.45) is 0.269. The van der Waals surface area contributed by atoms with Crippen LogP contribution in [-0.2, 0) is 11.2 Å². The van der Waals surface area contributed by atoms with Crippen molar-refractivity contribution in [2.75, 3.05) is 25.1 Å².